The maximum Gasteiger partial charge on any atom is 0.157 e. The van der Waals surface area contributed by atoms with Crippen LogP contribution in [0.5, 0.6) is 0 Å². The lowest BCUT2D eigenvalue weighted by Gasteiger charge is -2.29. The first-order valence-corrected chi connectivity index (χ1v) is 4.96. The highest BCUT2D eigenvalue weighted by Crippen LogP contribution is 2.39. The Hall–Kier alpha value is -1.79. The molecule has 1 aliphatic carbocycles. The van der Waals surface area contributed by atoms with E-state index in [4.69, 9.17) is 16.9 Å². The van der Waals surface area contributed by atoms with Crippen molar-refractivity contribution in [1.29, 1.82) is 10.5 Å². The molecule has 1 unspecified atom stereocenters. The van der Waals surface area contributed by atoms with E-state index in [9.17, 15) is 4.79 Å². The van der Waals surface area contributed by atoms with Crippen molar-refractivity contribution in [2.75, 3.05) is 0 Å². The van der Waals surface area contributed by atoms with Gasteiger partial charge < -0.3 is 0 Å². The van der Waals surface area contributed by atoms with Gasteiger partial charge in [0.05, 0.1) is 12.1 Å². The molecule has 1 saturated carbocycles. The van der Waals surface area contributed by atoms with E-state index in [0.717, 1.165) is 12.8 Å². The summed E-state index contributed by atoms with van der Waals surface area (Å²) in [6, 6.07) is 4.00. The Bertz CT molecular complexity index is 364. The van der Waals surface area contributed by atoms with Crippen LogP contribution < -0.4 is 0 Å². The van der Waals surface area contributed by atoms with Crippen molar-refractivity contribution in [2.45, 2.75) is 32.1 Å². The van der Waals surface area contributed by atoms with Crippen molar-refractivity contribution in [3.05, 3.63) is 0 Å². The van der Waals surface area contributed by atoms with Gasteiger partial charge in [0.1, 0.15) is 5.78 Å². The molecular formula is C12H12N2O. The maximum atomic E-state index is 11.3. The smallest absolute Gasteiger partial charge is 0.157 e. The Morgan fingerprint density at radius 3 is 2.60 bits per heavy atom. The lowest BCUT2D eigenvalue weighted by Crippen LogP contribution is -2.31. The number of hydrogen-bond acceptors (Lipinski definition) is 3. The van der Waals surface area contributed by atoms with Gasteiger partial charge in [-0.25, -0.2) is 0 Å². The molecule has 0 aromatic heterocycles. The van der Waals surface area contributed by atoms with E-state index in [2.05, 4.69) is 5.92 Å². The Kier molecular flexibility index (Phi) is 3.48. The zero-order valence-electron chi connectivity index (χ0n) is 8.49. The van der Waals surface area contributed by atoms with Crippen molar-refractivity contribution < 1.29 is 4.79 Å². The first kappa shape index (κ1) is 11.3. The highest BCUT2D eigenvalue weighted by atomic mass is 16.1. The number of Topliss-reactive ketones (excluding diaryl/α,β-unsaturated/α-hetero) is 1. The number of hydrogen-bond donors (Lipinski definition) is 0. The van der Waals surface area contributed by atoms with E-state index >= 15 is 0 Å². The van der Waals surface area contributed by atoms with Crippen molar-refractivity contribution in [3.8, 4) is 24.5 Å². The minimum atomic E-state index is -1.16. The second-order valence-electron chi connectivity index (χ2n) is 3.91. The molecule has 0 aromatic rings. The number of terminal acetylenes is 1. The standard InChI is InChI=1S/C12H12N2O/c1-2-6-12(8-13,9-14)10-4-3-5-11(15)7-10/h1,10H,3-7H2. The highest BCUT2D eigenvalue weighted by molar-refractivity contribution is 5.79. The molecule has 0 spiro atoms. The molecule has 1 aliphatic rings. The summed E-state index contributed by atoms with van der Waals surface area (Å²) in [6.07, 6.45) is 7.68. The molecule has 1 rings (SSSR count). The second-order valence-corrected chi connectivity index (χ2v) is 3.91. The van der Waals surface area contributed by atoms with Crippen LogP contribution in [0, 0.1) is 46.3 Å². The third-order valence-electron chi connectivity index (χ3n) is 2.96. The monoisotopic (exact) mass is 200 g/mol. The average molecular weight is 200 g/mol. The SMILES string of the molecule is C#CCC(C#N)(C#N)C1CCCC(=O)C1. The summed E-state index contributed by atoms with van der Waals surface area (Å²) >= 11 is 0. The van der Waals surface area contributed by atoms with Gasteiger partial charge in [-0.1, -0.05) is 0 Å². The summed E-state index contributed by atoms with van der Waals surface area (Å²) in [5.41, 5.74) is -1.16. The first-order chi connectivity index (χ1) is 7.18. The summed E-state index contributed by atoms with van der Waals surface area (Å²) in [7, 11) is 0. The molecule has 0 aromatic carbocycles. The van der Waals surface area contributed by atoms with Gasteiger partial charge >= 0.3 is 0 Å². The lowest BCUT2D eigenvalue weighted by atomic mass is 9.68. The Morgan fingerprint density at radius 1 is 1.47 bits per heavy atom. The van der Waals surface area contributed by atoms with Gasteiger partial charge in [0.15, 0.2) is 5.41 Å². The summed E-state index contributed by atoms with van der Waals surface area (Å²) in [5.74, 6) is 2.31. The van der Waals surface area contributed by atoms with Crippen molar-refractivity contribution in [2.24, 2.45) is 11.3 Å². The molecule has 0 radical (unpaired) electrons. The summed E-state index contributed by atoms with van der Waals surface area (Å²) in [5, 5.41) is 18.1. The molecule has 76 valence electrons. The first-order valence-electron chi connectivity index (χ1n) is 4.96. The van der Waals surface area contributed by atoms with Crippen LogP contribution in [0.3, 0.4) is 0 Å². The molecule has 0 saturated heterocycles. The van der Waals surface area contributed by atoms with Gasteiger partial charge in [-0.2, -0.15) is 10.5 Å². The fraction of sp³-hybridized carbons (Fsp3) is 0.583. The molecular weight excluding hydrogens is 188 g/mol. The second kappa shape index (κ2) is 4.63. The minimum Gasteiger partial charge on any atom is -0.300 e. The van der Waals surface area contributed by atoms with Crippen LogP contribution in [-0.4, -0.2) is 5.78 Å². The van der Waals surface area contributed by atoms with Crippen LogP contribution in [0.15, 0.2) is 0 Å². The molecule has 1 fully saturated rings. The van der Waals surface area contributed by atoms with Gasteiger partial charge in [0.25, 0.3) is 0 Å². The van der Waals surface area contributed by atoms with Gasteiger partial charge in [-0.05, 0) is 18.8 Å². The average Bonchev–Trinajstić information content (AvgIpc) is 2.26. The number of ketones is 1. The number of carbonyl (C=O) groups excluding carboxylic acids is 1. The van der Waals surface area contributed by atoms with Crippen LogP contribution >= 0.6 is 0 Å². The third-order valence-corrected chi connectivity index (χ3v) is 2.96. The number of rotatable bonds is 2. The van der Waals surface area contributed by atoms with Crippen LogP contribution in [0.25, 0.3) is 0 Å². The zero-order valence-corrected chi connectivity index (χ0v) is 8.49. The molecule has 3 nitrogen and oxygen atoms in total. The Balaban J connectivity index is 2.91. The maximum absolute atomic E-state index is 11.3. The van der Waals surface area contributed by atoms with Crippen LogP contribution in [0.1, 0.15) is 32.1 Å². The normalized spacial score (nSPS) is 21.1. The van der Waals surface area contributed by atoms with E-state index < -0.39 is 5.41 Å². The molecule has 0 heterocycles. The molecule has 1 atom stereocenters. The predicted octanol–water partition coefficient (Wildman–Crippen LogP) is 1.80. The van der Waals surface area contributed by atoms with Crippen molar-refractivity contribution in [3.63, 3.8) is 0 Å². The van der Waals surface area contributed by atoms with Crippen LogP contribution in [-0.2, 0) is 4.79 Å². The molecule has 15 heavy (non-hydrogen) atoms. The third kappa shape index (κ3) is 2.17. The quantitative estimate of drug-likeness (QED) is 0.638. The fourth-order valence-electron chi connectivity index (χ4n) is 2.04. The van der Waals surface area contributed by atoms with E-state index in [-0.39, 0.29) is 18.1 Å². The van der Waals surface area contributed by atoms with Crippen LogP contribution in [0.4, 0.5) is 0 Å². The van der Waals surface area contributed by atoms with E-state index in [1.807, 2.05) is 12.1 Å². The van der Waals surface area contributed by atoms with E-state index in [1.165, 1.54) is 0 Å². The topological polar surface area (TPSA) is 64.7 Å². The summed E-state index contributed by atoms with van der Waals surface area (Å²) < 4.78 is 0. The summed E-state index contributed by atoms with van der Waals surface area (Å²) in [6.45, 7) is 0. The van der Waals surface area contributed by atoms with Gasteiger partial charge in [-0.15, -0.1) is 12.3 Å². The number of carbonyl (C=O) groups is 1. The molecule has 0 aliphatic heterocycles. The van der Waals surface area contributed by atoms with Gasteiger partial charge in [0.2, 0.25) is 0 Å². The van der Waals surface area contributed by atoms with Gasteiger partial charge in [-0.3, -0.25) is 4.79 Å². The molecule has 3 heteroatoms. The fourth-order valence-corrected chi connectivity index (χ4v) is 2.04. The number of nitrogens with zero attached hydrogens (tertiary/aromatic N) is 2. The highest BCUT2D eigenvalue weighted by Gasteiger charge is 2.41. The Labute approximate surface area is 89.7 Å². The van der Waals surface area contributed by atoms with Crippen LogP contribution in [0.2, 0.25) is 0 Å². The Morgan fingerprint density at radius 2 is 2.13 bits per heavy atom. The zero-order chi connectivity index (χ0) is 11.3. The molecule has 0 amide bonds. The number of nitriles is 2. The lowest BCUT2D eigenvalue weighted by molar-refractivity contribution is -0.122. The largest absolute Gasteiger partial charge is 0.300 e. The molecule has 0 N–H and O–H groups in total. The molecule has 0 bridgehead atoms. The minimum absolute atomic E-state index is 0.109. The predicted molar refractivity (Wildman–Crippen MR) is 54.1 cm³/mol. The van der Waals surface area contributed by atoms with E-state index in [1.54, 1.807) is 0 Å². The van der Waals surface area contributed by atoms with Gasteiger partial charge in [0, 0.05) is 19.3 Å². The summed E-state index contributed by atoms with van der Waals surface area (Å²) in [4.78, 5) is 11.3. The van der Waals surface area contributed by atoms with Crippen molar-refractivity contribution in [1.82, 2.24) is 0 Å². The van der Waals surface area contributed by atoms with Crippen molar-refractivity contribution >= 4 is 5.78 Å². The van der Waals surface area contributed by atoms with E-state index in [0.29, 0.717) is 12.8 Å².